The van der Waals surface area contributed by atoms with Crippen LogP contribution in [-0.4, -0.2) is 57.6 Å². The predicted molar refractivity (Wildman–Crippen MR) is 141 cm³/mol. The highest BCUT2D eigenvalue weighted by molar-refractivity contribution is 6.30. The second-order valence-electron chi connectivity index (χ2n) is 10.1. The van der Waals surface area contributed by atoms with Gasteiger partial charge in [0.25, 0.3) is 0 Å². The fourth-order valence-corrected chi connectivity index (χ4v) is 5.08. The Morgan fingerprint density at radius 1 is 1.21 bits per heavy atom. The van der Waals surface area contributed by atoms with E-state index in [1.807, 2.05) is 0 Å². The van der Waals surface area contributed by atoms with E-state index in [-0.39, 0.29) is 48.1 Å². The normalized spacial score (nSPS) is 18.9. The number of alkyl halides is 1. The van der Waals surface area contributed by atoms with Crippen LogP contribution in [0.4, 0.5) is 8.78 Å². The number of rotatable bonds is 10. The Bertz CT molecular complexity index is 1420. The smallest absolute Gasteiger partial charge is 0.245 e. The zero-order valence-corrected chi connectivity index (χ0v) is 22.2. The van der Waals surface area contributed by atoms with E-state index in [1.165, 1.54) is 41.5 Å². The minimum atomic E-state index is -1.39. The van der Waals surface area contributed by atoms with Gasteiger partial charge in [-0.05, 0) is 30.5 Å². The van der Waals surface area contributed by atoms with Gasteiger partial charge in [0, 0.05) is 36.9 Å². The number of nitrogens with one attached hydrogen (secondary N) is 1. The van der Waals surface area contributed by atoms with Gasteiger partial charge in [0.1, 0.15) is 36.0 Å². The molecule has 1 N–H and O–H groups in total. The minimum absolute atomic E-state index is 0.0731. The second kappa shape index (κ2) is 11.3. The fourth-order valence-electron chi connectivity index (χ4n) is 4.89. The van der Waals surface area contributed by atoms with Crippen LogP contribution in [0.5, 0.6) is 5.75 Å². The molecule has 2 aromatic carbocycles. The van der Waals surface area contributed by atoms with E-state index < -0.39 is 29.8 Å². The molecule has 8 nitrogen and oxygen atoms in total. The number of fused-ring (bicyclic) bond motifs is 1. The third-order valence-electron chi connectivity index (χ3n) is 7.19. The lowest BCUT2D eigenvalue weighted by molar-refractivity contribution is -0.139. The molecule has 2 atom stereocenters. The Hall–Kier alpha value is -3.53. The Kier molecular flexibility index (Phi) is 7.83. The summed E-state index contributed by atoms with van der Waals surface area (Å²) >= 11 is 5.80. The number of nitrogens with zero attached hydrogens (tertiary/aromatic N) is 3. The van der Waals surface area contributed by atoms with Crippen molar-refractivity contribution in [3.8, 4) is 5.75 Å². The molecule has 1 aromatic heterocycles. The Morgan fingerprint density at radius 3 is 2.74 bits per heavy atom. The van der Waals surface area contributed by atoms with Crippen LogP contribution in [0.3, 0.4) is 0 Å². The van der Waals surface area contributed by atoms with Crippen molar-refractivity contribution < 1.29 is 27.9 Å². The van der Waals surface area contributed by atoms with Crippen LogP contribution >= 0.6 is 11.6 Å². The Balaban J connectivity index is 1.31. The molecule has 1 aliphatic carbocycles. The third-order valence-corrected chi connectivity index (χ3v) is 7.48. The second-order valence-corrected chi connectivity index (χ2v) is 10.6. The SMILES string of the molecule is CC(=O)c1nn(CC(=O)N2C[C@H](F)C[C@H]2C(=O)NCc2cccc(Cl)c2F)c2cc(OCCC3CC3)ccc12. The first-order valence-electron chi connectivity index (χ1n) is 13.0. The quantitative estimate of drug-likeness (QED) is 0.371. The van der Waals surface area contributed by atoms with Gasteiger partial charge in [0.2, 0.25) is 11.8 Å². The molecule has 3 aromatic rings. The molecule has 2 heterocycles. The Labute approximate surface area is 229 Å². The lowest BCUT2D eigenvalue weighted by atomic mass is 10.1. The molecule has 0 bridgehead atoms. The molecule has 2 amide bonds. The third kappa shape index (κ3) is 6.06. The summed E-state index contributed by atoms with van der Waals surface area (Å²) in [4.78, 5) is 39.7. The van der Waals surface area contributed by atoms with Gasteiger partial charge >= 0.3 is 0 Å². The van der Waals surface area contributed by atoms with E-state index in [4.69, 9.17) is 16.3 Å². The lowest BCUT2D eigenvalue weighted by Gasteiger charge is -2.24. The number of carbonyl (C=O) groups is 3. The summed E-state index contributed by atoms with van der Waals surface area (Å²) < 4.78 is 35.9. The first-order valence-corrected chi connectivity index (χ1v) is 13.4. The average molecular weight is 559 g/mol. The highest BCUT2D eigenvalue weighted by atomic mass is 35.5. The van der Waals surface area contributed by atoms with E-state index in [1.54, 1.807) is 24.3 Å². The molecule has 1 saturated heterocycles. The van der Waals surface area contributed by atoms with Gasteiger partial charge in [-0.1, -0.05) is 36.6 Å². The van der Waals surface area contributed by atoms with Crippen LogP contribution in [0.15, 0.2) is 36.4 Å². The minimum Gasteiger partial charge on any atom is -0.494 e. The molecule has 5 rings (SSSR count). The predicted octanol–water partition coefficient (Wildman–Crippen LogP) is 4.47. The number of halogens is 3. The monoisotopic (exact) mass is 558 g/mol. The van der Waals surface area contributed by atoms with E-state index in [9.17, 15) is 23.2 Å². The molecule has 2 fully saturated rings. The molecular weight excluding hydrogens is 530 g/mol. The van der Waals surface area contributed by atoms with Gasteiger partial charge in [0.15, 0.2) is 5.78 Å². The highest BCUT2D eigenvalue weighted by Crippen LogP contribution is 2.33. The van der Waals surface area contributed by atoms with E-state index in [2.05, 4.69) is 10.4 Å². The molecule has 206 valence electrons. The van der Waals surface area contributed by atoms with Gasteiger partial charge in [0.05, 0.1) is 23.7 Å². The molecule has 39 heavy (non-hydrogen) atoms. The number of hydrogen-bond acceptors (Lipinski definition) is 5. The van der Waals surface area contributed by atoms with Gasteiger partial charge in [-0.2, -0.15) is 5.10 Å². The molecule has 0 radical (unpaired) electrons. The van der Waals surface area contributed by atoms with Gasteiger partial charge < -0.3 is 15.0 Å². The van der Waals surface area contributed by atoms with Gasteiger partial charge in [-0.25, -0.2) is 8.78 Å². The van der Waals surface area contributed by atoms with Crippen LogP contribution in [0.2, 0.25) is 5.02 Å². The van der Waals surface area contributed by atoms with E-state index in [0.717, 1.165) is 12.3 Å². The summed E-state index contributed by atoms with van der Waals surface area (Å²) in [5.41, 5.74) is 0.925. The summed E-state index contributed by atoms with van der Waals surface area (Å²) in [7, 11) is 0. The summed E-state index contributed by atoms with van der Waals surface area (Å²) in [6.45, 7) is 1.26. The van der Waals surface area contributed by atoms with E-state index in [0.29, 0.717) is 23.3 Å². The Morgan fingerprint density at radius 2 is 2.00 bits per heavy atom. The zero-order valence-electron chi connectivity index (χ0n) is 21.5. The summed E-state index contributed by atoms with van der Waals surface area (Å²) in [6.07, 6.45) is 1.87. The molecule has 0 spiro atoms. The van der Waals surface area contributed by atoms with Crippen molar-refractivity contribution in [1.82, 2.24) is 20.0 Å². The largest absolute Gasteiger partial charge is 0.494 e. The number of hydrogen-bond donors (Lipinski definition) is 1. The summed E-state index contributed by atoms with van der Waals surface area (Å²) in [6, 6.07) is 8.62. The van der Waals surface area contributed by atoms with Gasteiger partial charge in [-0.15, -0.1) is 0 Å². The van der Waals surface area contributed by atoms with Crippen molar-refractivity contribution in [2.45, 2.75) is 57.9 Å². The molecule has 0 unspecified atom stereocenters. The van der Waals surface area contributed by atoms with Crippen LogP contribution in [0.1, 0.15) is 48.7 Å². The number of carbonyl (C=O) groups excluding carboxylic acids is 3. The highest BCUT2D eigenvalue weighted by Gasteiger charge is 2.40. The van der Waals surface area contributed by atoms with Crippen molar-refractivity contribution in [3.05, 3.63) is 58.5 Å². The maximum Gasteiger partial charge on any atom is 0.245 e. The van der Waals surface area contributed by atoms with Crippen LogP contribution in [0, 0.1) is 11.7 Å². The molecule has 1 saturated carbocycles. The van der Waals surface area contributed by atoms with E-state index >= 15 is 0 Å². The van der Waals surface area contributed by atoms with Crippen LogP contribution in [0.25, 0.3) is 10.9 Å². The average Bonchev–Trinajstić information content (AvgIpc) is 3.54. The number of likely N-dealkylation sites (tertiary alicyclic amines) is 1. The molecule has 11 heteroatoms. The summed E-state index contributed by atoms with van der Waals surface area (Å²) in [5, 5.41) is 7.45. The number of amides is 2. The standard InChI is InChI=1S/C28H29ClF2N4O4/c1-16(36)27-21-8-7-20(39-10-9-17-5-6-17)12-23(21)35(33-27)15-25(37)34-14-19(30)11-24(34)28(38)32-13-18-3-2-4-22(29)26(18)31/h2-4,7-8,12,17,19,24H,5-6,9-11,13-15H2,1H3,(H,32,38)/t19-,24+/m1/s1. The molecule has 2 aliphatic rings. The van der Waals surface area contributed by atoms with Crippen LogP contribution < -0.4 is 10.1 Å². The maximum absolute atomic E-state index is 14.4. The first kappa shape index (κ1) is 27.1. The molecule has 1 aliphatic heterocycles. The maximum atomic E-state index is 14.4. The fraction of sp³-hybridized carbons (Fsp3) is 0.429. The zero-order chi connectivity index (χ0) is 27.7. The van der Waals surface area contributed by atoms with Crippen molar-refractivity contribution in [2.75, 3.05) is 13.2 Å². The number of benzene rings is 2. The molecular formula is C28H29ClF2N4O4. The van der Waals surface area contributed by atoms with Crippen molar-refractivity contribution in [3.63, 3.8) is 0 Å². The van der Waals surface area contributed by atoms with Crippen molar-refractivity contribution in [2.24, 2.45) is 5.92 Å². The van der Waals surface area contributed by atoms with Gasteiger partial charge in [-0.3, -0.25) is 19.1 Å². The first-order chi connectivity index (χ1) is 18.7. The van der Waals surface area contributed by atoms with Crippen LogP contribution in [-0.2, 0) is 22.7 Å². The lowest BCUT2D eigenvalue weighted by Crippen LogP contribution is -2.46. The van der Waals surface area contributed by atoms with Crippen molar-refractivity contribution in [1.29, 1.82) is 0 Å². The number of Topliss-reactive ketones (excluding diaryl/α,β-unsaturated/α-hetero) is 1. The number of ketones is 1. The number of ether oxygens (including phenoxy) is 1. The summed E-state index contributed by atoms with van der Waals surface area (Å²) in [5.74, 6) is -0.709. The number of aromatic nitrogens is 2. The van der Waals surface area contributed by atoms with Crippen molar-refractivity contribution >= 4 is 40.1 Å². The topological polar surface area (TPSA) is 93.5 Å².